The Labute approximate surface area is 274 Å². The molecule has 46 heavy (non-hydrogen) atoms. The fourth-order valence-electron chi connectivity index (χ4n) is 7.34. The van der Waals surface area contributed by atoms with Gasteiger partial charge in [-0.25, -0.2) is 9.78 Å². The molecule has 1 aliphatic carbocycles. The SMILES string of the molecule is Cc1ccc(NC(=O)N2CCCC2)cc1B1OC(C)(C)C(C)(C(C)c2cc(N[C@H]3CC[C@@](C)(O)CC3)nc(N3CCOCC3)c2)O1. The second-order valence-electron chi connectivity index (χ2n) is 14.8. The average Bonchev–Trinajstić information content (AvgIpc) is 3.66. The highest BCUT2D eigenvalue weighted by Crippen LogP contribution is 2.47. The Bertz CT molecular complexity index is 1400. The van der Waals surface area contributed by atoms with E-state index in [0.29, 0.717) is 13.2 Å². The lowest BCUT2D eigenvalue weighted by molar-refractivity contribution is -0.0264. The Morgan fingerprint density at radius 2 is 1.72 bits per heavy atom. The van der Waals surface area contributed by atoms with Gasteiger partial charge in [-0.2, -0.15) is 0 Å². The van der Waals surface area contributed by atoms with Crippen molar-refractivity contribution in [2.75, 3.05) is 54.9 Å². The van der Waals surface area contributed by atoms with Gasteiger partial charge in [-0.05, 0) is 108 Å². The molecule has 0 radical (unpaired) electrons. The van der Waals surface area contributed by atoms with Crippen LogP contribution in [0.3, 0.4) is 0 Å². The lowest BCUT2D eigenvalue weighted by atomic mass is 9.74. The molecule has 6 rings (SSSR count). The van der Waals surface area contributed by atoms with Crippen molar-refractivity contribution in [2.24, 2.45) is 0 Å². The van der Waals surface area contributed by atoms with E-state index in [9.17, 15) is 9.90 Å². The lowest BCUT2D eigenvalue weighted by Crippen LogP contribution is -2.49. The Hall–Kier alpha value is -2.86. The van der Waals surface area contributed by atoms with Crippen molar-refractivity contribution < 1.29 is 23.9 Å². The van der Waals surface area contributed by atoms with E-state index in [0.717, 1.165) is 98.6 Å². The molecule has 2 atom stereocenters. The first-order valence-electron chi connectivity index (χ1n) is 17.2. The zero-order valence-electron chi connectivity index (χ0n) is 28.5. The molecule has 3 saturated heterocycles. The molecule has 2 aromatic rings. The standard InChI is InChI=1S/C35H52BN5O5/c1-24-9-10-28(38-32(42)41-15-7-8-16-41)23-29(24)36-45-33(3,4)35(6,46-36)25(2)26-21-30(37-27-11-13-34(5,43)14-12-27)39-31(22-26)40-17-19-44-20-18-40/h9-10,21-23,25,27,43H,7-8,11-20H2,1-6H3,(H,37,39)(H,38,42)/t25?,27-,34+,35?. The van der Waals surface area contributed by atoms with Gasteiger partial charge in [0.15, 0.2) is 0 Å². The molecule has 3 N–H and O–H groups in total. The Kier molecular flexibility index (Phi) is 9.33. The maximum Gasteiger partial charge on any atom is 0.495 e. The fourth-order valence-corrected chi connectivity index (χ4v) is 7.34. The van der Waals surface area contributed by atoms with Crippen molar-refractivity contribution in [3.05, 3.63) is 41.5 Å². The molecule has 2 unspecified atom stereocenters. The van der Waals surface area contributed by atoms with Gasteiger partial charge in [0.2, 0.25) is 0 Å². The third kappa shape index (κ3) is 6.88. The maximum atomic E-state index is 12.8. The monoisotopic (exact) mass is 633 g/mol. The number of pyridine rings is 1. The quantitative estimate of drug-likeness (QED) is 0.364. The van der Waals surface area contributed by atoms with Gasteiger partial charge in [-0.1, -0.05) is 18.6 Å². The number of amides is 2. The smallest absolute Gasteiger partial charge is 0.399 e. The van der Waals surface area contributed by atoms with Gasteiger partial charge in [0, 0.05) is 43.8 Å². The normalized spacial score (nSPS) is 28.8. The highest BCUT2D eigenvalue weighted by Gasteiger charge is 2.57. The number of aliphatic hydroxyl groups is 1. The molecule has 0 bridgehead atoms. The average molecular weight is 634 g/mol. The minimum atomic E-state index is -0.677. The van der Waals surface area contributed by atoms with Crippen LogP contribution in [0.2, 0.25) is 0 Å². The molecule has 1 aromatic heterocycles. The molecule has 2 amide bonds. The Morgan fingerprint density at radius 3 is 2.41 bits per heavy atom. The molecular weight excluding hydrogens is 581 g/mol. The topological polar surface area (TPSA) is 108 Å². The zero-order chi connectivity index (χ0) is 32.7. The molecule has 4 aliphatic rings. The van der Waals surface area contributed by atoms with Gasteiger partial charge in [0.25, 0.3) is 0 Å². The first-order valence-corrected chi connectivity index (χ1v) is 17.2. The molecule has 10 nitrogen and oxygen atoms in total. The molecule has 3 aliphatic heterocycles. The molecule has 1 saturated carbocycles. The first kappa shape index (κ1) is 33.1. The van der Waals surface area contributed by atoms with E-state index in [1.165, 1.54) is 0 Å². The molecule has 0 spiro atoms. The minimum Gasteiger partial charge on any atom is -0.399 e. The van der Waals surface area contributed by atoms with E-state index < -0.39 is 23.9 Å². The third-order valence-corrected chi connectivity index (χ3v) is 11.0. The number of hydrogen-bond acceptors (Lipinski definition) is 8. The number of nitrogens with zero attached hydrogens (tertiary/aromatic N) is 3. The largest absolute Gasteiger partial charge is 0.495 e. The van der Waals surface area contributed by atoms with E-state index in [2.05, 4.69) is 62.3 Å². The second kappa shape index (κ2) is 13.0. The maximum absolute atomic E-state index is 12.8. The molecule has 4 fully saturated rings. The molecular formula is C35H52BN5O5. The van der Waals surface area contributed by atoms with Gasteiger partial charge in [0.05, 0.1) is 30.0 Å². The number of aryl methyl sites for hydroxylation is 1. The predicted molar refractivity (Wildman–Crippen MR) is 183 cm³/mol. The summed E-state index contributed by atoms with van der Waals surface area (Å²) in [4.78, 5) is 22.1. The van der Waals surface area contributed by atoms with Crippen LogP contribution in [-0.4, -0.2) is 90.4 Å². The number of likely N-dealkylation sites (tertiary alicyclic amines) is 1. The number of morpholine rings is 1. The molecule has 250 valence electrons. The van der Waals surface area contributed by atoms with Gasteiger partial charge in [-0.3, -0.25) is 0 Å². The Balaban J connectivity index is 1.26. The van der Waals surface area contributed by atoms with E-state index in [1.54, 1.807) is 0 Å². The number of rotatable bonds is 7. The Morgan fingerprint density at radius 1 is 1.02 bits per heavy atom. The van der Waals surface area contributed by atoms with Crippen LogP contribution >= 0.6 is 0 Å². The lowest BCUT2D eigenvalue weighted by Gasteiger charge is -2.42. The number of ether oxygens (including phenoxy) is 1. The van der Waals surface area contributed by atoms with Crippen LogP contribution in [0.4, 0.5) is 22.1 Å². The number of hydrogen-bond donors (Lipinski definition) is 3. The fraction of sp³-hybridized carbons (Fsp3) is 0.657. The van der Waals surface area contributed by atoms with Crippen LogP contribution in [0.5, 0.6) is 0 Å². The van der Waals surface area contributed by atoms with Crippen molar-refractivity contribution in [3.8, 4) is 0 Å². The van der Waals surface area contributed by atoms with Crippen LogP contribution < -0.4 is 21.0 Å². The summed E-state index contributed by atoms with van der Waals surface area (Å²) in [5, 5.41) is 17.3. The number of nitrogens with one attached hydrogen (secondary N) is 2. The van der Waals surface area contributed by atoms with Gasteiger partial charge >= 0.3 is 13.1 Å². The summed E-state index contributed by atoms with van der Waals surface area (Å²) in [7, 11) is -0.584. The second-order valence-corrected chi connectivity index (χ2v) is 14.8. The van der Waals surface area contributed by atoms with Crippen molar-refractivity contribution in [1.82, 2.24) is 9.88 Å². The van der Waals surface area contributed by atoms with Crippen LogP contribution in [0.1, 0.15) is 90.2 Å². The van der Waals surface area contributed by atoms with Gasteiger partial charge in [-0.15, -0.1) is 0 Å². The third-order valence-electron chi connectivity index (χ3n) is 11.0. The van der Waals surface area contributed by atoms with Crippen molar-refractivity contribution >= 4 is 35.9 Å². The van der Waals surface area contributed by atoms with E-state index in [4.69, 9.17) is 19.0 Å². The summed E-state index contributed by atoms with van der Waals surface area (Å²) in [6, 6.07) is 10.5. The number of carbonyl (C=O) groups excluding carboxylic acids is 1. The van der Waals surface area contributed by atoms with Crippen molar-refractivity contribution in [1.29, 1.82) is 0 Å². The summed E-state index contributed by atoms with van der Waals surface area (Å²) in [6.07, 6.45) is 5.46. The van der Waals surface area contributed by atoms with Gasteiger partial charge < -0.3 is 39.6 Å². The summed E-state index contributed by atoms with van der Waals surface area (Å²) in [5.41, 5.74) is 1.95. The number of urea groups is 1. The van der Waals surface area contributed by atoms with Crippen LogP contribution in [0.25, 0.3) is 0 Å². The number of benzene rings is 1. The predicted octanol–water partition coefficient (Wildman–Crippen LogP) is 5.04. The highest BCUT2D eigenvalue weighted by atomic mass is 16.7. The molecule has 4 heterocycles. The minimum absolute atomic E-state index is 0.0405. The first-order chi connectivity index (χ1) is 21.8. The van der Waals surface area contributed by atoms with E-state index in [-0.39, 0.29) is 18.0 Å². The van der Waals surface area contributed by atoms with Crippen LogP contribution in [0.15, 0.2) is 30.3 Å². The van der Waals surface area contributed by atoms with E-state index >= 15 is 0 Å². The zero-order valence-corrected chi connectivity index (χ0v) is 28.5. The molecule has 1 aromatic carbocycles. The van der Waals surface area contributed by atoms with Crippen molar-refractivity contribution in [3.63, 3.8) is 0 Å². The summed E-state index contributed by atoms with van der Waals surface area (Å²) in [6.45, 7) is 17.1. The van der Waals surface area contributed by atoms with E-state index in [1.807, 2.05) is 30.0 Å². The highest BCUT2D eigenvalue weighted by molar-refractivity contribution is 6.62. The number of aromatic nitrogens is 1. The number of carbonyl (C=O) groups is 1. The summed E-state index contributed by atoms with van der Waals surface area (Å²) in [5.74, 6) is 1.75. The summed E-state index contributed by atoms with van der Waals surface area (Å²) < 4.78 is 19.3. The van der Waals surface area contributed by atoms with Crippen molar-refractivity contribution in [2.45, 2.75) is 109 Å². The van der Waals surface area contributed by atoms with Gasteiger partial charge in [0.1, 0.15) is 11.6 Å². The van der Waals surface area contributed by atoms with Crippen LogP contribution in [-0.2, 0) is 14.0 Å². The number of anilines is 3. The molecule has 11 heteroatoms. The summed E-state index contributed by atoms with van der Waals surface area (Å²) >= 11 is 0. The van der Waals surface area contributed by atoms with Crippen LogP contribution in [0, 0.1) is 6.92 Å².